The van der Waals surface area contributed by atoms with Crippen LogP contribution in [0.25, 0.3) is 9.40 Å². The number of fused-ring (bicyclic) bond motifs is 1. The summed E-state index contributed by atoms with van der Waals surface area (Å²) in [7, 11) is 0. The van der Waals surface area contributed by atoms with E-state index >= 15 is 0 Å². The van der Waals surface area contributed by atoms with Crippen molar-refractivity contribution in [1.82, 2.24) is 0 Å². The van der Waals surface area contributed by atoms with E-state index in [-0.39, 0.29) is 0 Å². The van der Waals surface area contributed by atoms with E-state index in [9.17, 15) is 0 Å². The highest BCUT2D eigenvalue weighted by molar-refractivity contribution is 7.26. The van der Waals surface area contributed by atoms with Crippen LogP contribution in [0, 0.1) is 0 Å². The predicted octanol–water partition coefficient (Wildman–Crippen LogP) is 8.40. The Labute approximate surface area is 169 Å². The number of hydrogen-bond acceptors (Lipinski definition) is 3. The van der Waals surface area contributed by atoms with Crippen LogP contribution in [0.15, 0.2) is 10.8 Å². The molecule has 0 saturated carbocycles. The zero-order chi connectivity index (χ0) is 18.5. The van der Waals surface area contributed by atoms with E-state index in [2.05, 4.69) is 24.6 Å². The van der Waals surface area contributed by atoms with E-state index in [0.717, 1.165) is 13.2 Å². The molecule has 148 valence electrons. The molecule has 0 aromatic carbocycles. The fourth-order valence-corrected chi connectivity index (χ4v) is 5.96. The van der Waals surface area contributed by atoms with Gasteiger partial charge in [-0.1, -0.05) is 58.8 Å². The summed E-state index contributed by atoms with van der Waals surface area (Å²) in [4.78, 5) is 0. The molecule has 2 heterocycles. The lowest BCUT2D eigenvalue weighted by molar-refractivity contribution is 0.126. The van der Waals surface area contributed by atoms with Crippen molar-refractivity contribution in [2.45, 2.75) is 97.3 Å². The third-order valence-electron chi connectivity index (χ3n) is 5.10. The Balaban J connectivity index is 1.60. The minimum atomic E-state index is 0.950. The van der Waals surface area contributed by atoms with Crippen molar-refractivity contribution < 1.29 is 4.74 Å². The van der Waals surface area contributed by atoms with Gasteiger partial charge >= 0.3 is 0 Å². The smallest absolute Gasteiger partial charge is 0.0485 e. The topological polar surface area (TPSA) is 9.23 Å². The van der Waals surface area contributed by atoms with Crippen molar-refractivity contribution in [1.29, 1.82) is 0 Å². The number of rotatable bonds is 16. The molecule has 2 aromatic heterocycles. The molecular formula is C23H38OS2. The fourth-order valence-electron chi connectivity index (χ4n) is 3.43. The second kappa shape index (κ2) is 13.7. The number of thiophene rings is 2. The first-order valence-corrected chi connectivity index (χ1v) is 12.7. The second-order valence-corrected chi connectivity index (χ2v) is 9.23. The lowest BCUT2D eigenvalue weighted by atomic mass is 10.1. The summed E-state index contributed by atoms with van der Waals surface area (Å²) in [5.41, 5.74) is 3.20. The van der Waals surface area contributed by atoms with Crippen molar-refractivity contribution in [3.8, 4) is 0 Å². The van der Waals surface area contributed by atoms with E-state index < -0.39 is 0 Å². The van der Waals surface area contributed by atoms with Gasteiger partial charge in [0.2, 0.25) is 0 Å². The average Bonchev–Trinajstić information content (AvgIpc) is 3.23. The van der Waals surface area contributed by atoms with Crippen molar-refractivity contribution >= 4 is 32.1 Å². The average molecular weight is 395 g/mol. The Bertz CT molecular complexity index is 584. The summed E-state index contributed by atoms with van der Waals surface area (Å²) in [6.45, 7) is 6.45. The van der Waals surface area contributed by atoms with Gasteiger partial charge in [0.15, 0.2) is 0 Å². The van der Waals surface area contributed by atoms with Gasteiger partial charge in [0, 0.05) is 22.6 Å². The van der Waals surface area contributed by atoms with Gasteiger partial charge in [-0.15, -0.1) is 22.7 Å². The molecule has 0 atom stereocenters. The van der Waals surface area contributed by atoms with Gasteiger partial charge in [0.05, 0.1) is 0 Å². The third-order valence-corrected chi connectivity index (χ3v) is 7.44. The van der Waals surface area contributed by atoms with Gasteiger partial charge in [-0.05, 0) is 60.4 Å². The van der Waals surface area contributed by atoms with Crippen LogP contribution in [0.4, 0.5) is 0 Å². The summed E-state index contributed by atoms with van der Waals surface area (Å²) in [5, 5.41) is 4.84. The Kier molecular flexibility index (Phi) is 11.6. The first-order chi connectivity index (χ1) is 12.9. The van der Waals surface area contributed by atoms with Crippen LogP contribution in [-0.2, 0) is 17.6 Å². The minimum Gasteiger partial charge on any atom is -0.381 e. The molecule has 2 rings (SSSR count). The Morgan fingerprint density at radius 3 is 1.58 bits per heavy atom. The molecule has 3 heteroatoms. The van der Waals surface area contributed by atoms with E-state index in [1.807, 2.05) is 22.7 Å². The largest absolute Gasteiger partial charge is 0.381 e. The van der Waals surface area contributed by atoms with Crippen LogP contribution in [0.3, 0.4) is 0 Å². The van der Waals surface area contributed by atoms with Crippen LogP contribution in [0.2, 0.25) is 0 Å². The van der Waals surface area contributed by atoms with Crippen LogP contribution < -0.4 is 0 Å². The molecule has 0 aliphatic carbocycles. The lowest BCUT2D eigenvalue weighted by Gasteiger charge is -2.04. The molecule has 0 spiro atoms. The molecule has 0 radical (unpaired) electrons. The summed E-state index contributed by atoms with van der Waals surface area (Å²) in [5.74, 6) is 0. The van der Waals surface area contributed by atoms with Gasteiger partial charge in [0.1, 0.15) is 0 Å². The maximum atomic E-state index is 5.75. The van der Waals surface area contributed by atoms with Gasteiger partial charge < -0.3 is 4.74 Å². The molecule has 0 unspecified atom stereocenters. The van der Waals surface area contributed by atoms with Crippen LogP contribution >= 0.6 is 22.7 Å². The van der Waals surface area contributed by atoms with Gasteiger partial charge in [-0.2, -0.15) is 0 Å². The zero-order valence-corrected chi connectivity index (χ0v) is 18.6. The van der Waals surface area contributed by atoms with Crippen LogP contribution in [-0.4, -0.2) is 13.2 Å². The number of ether oxygens (including phenoxy) is 1. The van der Waals surface area contributed by atoms with Crippen molar-refractivity contribution in [3.63, 3.8) is 0 Å². The molecule has 0 N–H and O–H groups in total. The normalized spacial score (nSPS) is 11.6. The Morgan fingerprint density at radius 2 is 1.08 bits per heavy atom. The Hall–Kier alpha value is -0.380. The first-order valence-electron chi connectivity index (χ1n) is 10.9. The second-order valence-electron chi connectivity index (χ2n) is 7.47. The van der Waals surface area contributed by atoms with E-state index in [1.165, 1.54) is 83.5 Å². The van der Waals surface area contributed by atoms with Gasteiger partial charge in [-0.3, -0.25) is 0 Å². The predicted molar refractivity (Wildman–Crippen MR) is 120 cm³/mol. The summed E-state index contributed by atoms with van der Waals surface area (Å²) < 4.78 is 8.91. The molecular weight excluding hydrogens is 356 g/mol. The third kappa shape index (κ3) is 7.70. The SMILES string of the molecule is CCCCCCOCCCCCc1csc2c(CCCCCC)csc12. The summed E-state index contributed by atoms with van der Waals surface area (Å²) in [6, 6.07) is 0. The Morgan fingerprint density at radius 1 is 0.615 bits per heavy atom. The van der Waals surface area contributed by atoms with Crippen molar-refractivity contribution in [3.05, 3.63) is 21.9 Å². The standard InChI is InChI=1S/C23H38OS2/c1-3-5-7-10-14-20-18-25-23-21(19-26-22(20)23)15-11-9-13-17-24-16-12-8-6-4-2/h18-19H,3-17H2,1-2H3. The van der Waals surface area contributed by atoms with Crippen LogP contribution in [0.1, 0.15) is 95.6 Å². The minimum absolute atomic E-state index is 0.950. The highest BCUT2D eigenvalue weighted by Crippen LogP contribution is 2.36. The molecule has 0 saturated heterocycles. The molecule has 0 aliphatic rings. The quantitative estimate of drug-likeness (QED) is 0.260. The monoisotopic (exact) mass is 394 g/mol. The molecule has 0 aliphatic heterocycles. The lowest BCUT2D eigenvalue weighted by Crippen LogP contribution is -1.97. The first kappa shape index (κ1) is 21.9. The highest BCUT2D eigenvalue weighted by Gasteiger charge is 2.10. The van der Waals surface area contributed by atoms with Crippen LogP contribution in [0.5, 0.6) is 0 Å². The van der Waals surface area contributed by atoms with Crippen molar-refractivity contribution in [2.75, 3.05) is 13.2 Å². The van der Waals surface area contributed by atoms with Gasteiger partial charge in [-0.25, -0.2) is 0 Å². The number of unbranched alkanes of at least 4 members (excludes halogenated alkanes) is 8. The van der Waals surface area contributed by atoms with Gasteiger partial charge in [0.25, 0.3) is 0 Å². The van der Waals surface area contributed by atoms with E-state index in [1.54, 1.807) is 20.5 Å². The molecule has 0 fully saturated rings. The van der Waals surface area contributed by atoms with Crippen molar-refractivity contribution in [2.24, 2.45) is 0 Å². The summed E-state index contributed by atoms with van der Waals surface area (Å²) >= 11 is 3.96. The zero-order valence-electron chi connectivity index (χ0n) is 17.0. The number of aryl methyl sites for hydroxylation is 2. The maximum absolute atomic E-state index is 5.75. The van der Waals surface area contributed by atoms with E-state index in [4.69, 9.17) is 4.74 Å². The highest BCUT2D eigenvalue weighted by atomic mass is 32.1. The molecule has 1 nitrogen and oxygen atoms in total. The molecule has 0 bridgehead atoms. The fraction of sp³-hybridized carbons (Fsp3) is 0.739. The number of hydrogen-bond donors (Lipinski definition) is 0. The molecule has 0 amide bonds. The molecule has 26 heavy (non-hydrogen) atoms. The maximum Gasteiger partial charge on any atom is 0.0485 e. The molecule has 2 aromatic rings. The summed E-state index contributed by atoms with van der Waals surface area (Å²) in [6.07, 6.45) is 17.0. The van der Waals surface area contributed by atoms with E-state index in [0.29, 0.717) is 0 Å².